The molecule has 0 aliphatic heterocycles. The molecule has 0 aromatic rings. The van der Waals surface area contributed by atoms with Crippen molar-refractivity contribution in [2.45, 2.75) is 38.9 Å². The van der Waals surface area contributed by atoms with E-state index in [2.05, 4.69) is 20.8 Å². The highest BCUT2D eigenvalue weighted by molar-refractivity contribution is 8.00. The second-order valence-electron chi connectivity index (χ2n) is 3.81. The van der Waals surface area contributed by atoms with E-state index >= 15 is 0 Å². The Bertz CT molecular complexity index is 201. The maximum absolute atomic E-state index is 10.6. The third-order valence-electron chi connectivity index (χ3n) is 1.50. The summed E-state index contributed by atoms with van der Waals surface area (Å²) in [5.74, 6) is -0.0177. The van der Waals surface area contributed by atoms with Crippen molar-refractivity contribution in [3.8, 4) is 0 Å². The molecule has 76 valence electrons. The van der Waals surface area contributed by atoms with Gasteiger partial charge in [-0.2, -0.15) is 11.8 Å². The number of hydrogen-bond donors (Lipinski definition) is 1. The molecule has 0 aromatic carbocycles. The second-order valence-corrected chi connectivity index (χ2v) is 5.66. The lowest BCUT2D eigenvalue weighted by Gasteiger charge is -2.15. The van der Waals surface area contributed by atoms with Gasteiger partial charge in [0.1, 0.15) is 0 Å². The highest BCUT2D eigenvalue weighted by atomic mass is 32.2. The van der Waals surface area contributed by atoms with Crippen LogP contribution in [0.5, 0.6) is 0 Å². The normalized spacial score (nSPS) is 13.1. The van der Waals surface area contributed by atoms with Crippen LogP contribution in [0, 0.1) is 0 Å². The number of rotatable bonds is 4. The van der Waals surface area contributed by atoms with Crippen molar-refractivity contribution in [3.63, 3.8) is 0 Å². The summed E-state index contributed by atoms with van der Waals surface area (Å²) in [4.78, 5) is 10.6. The van der Waals surface area contributed by atoms with Crippen molar-refractivity contribution in [2.24, 2.45) is 0 Å². The van der Waals surface area contributed by atoms with Crippen LogP contribution in [0.25, 0.3) is 0 Å². The molecule has 0 atom stereocenters. The van der Waals surface area contributed by atoms with Crippen molar-refractivity contribution >= 4 is 17.7 Å². The Kier molecular flexibility index (Phi) is 5.14. The van der Waals surface area contributed by atoms with Gasteiger partial charge in [-0.1, -0.05) is 33.8 Å². The topological polar surface area (TPSA) is 37.3 Å². The Morgan fingerprint density at radius 1 is 1.46 bits per heavy atom. The first-order valence-corrected chi connectivity index (χ1v) is 5.41. The third kappa shape index (κ3) is 6.70. The summed E-state index contributed by atoms with van der Waals surface area (Å²) < 4.78 is 0.202. The quantitative estimate of drug-likeness (QED) is 0.712. The van der Waals surface area contributed by atoms with Crippen LogP contribution in [0.3, 0.4) is 0 Å². The smallest absolute Gasteiger partial charge is 0.331 e. The summed E-state index contributed by atoms with van der Waals surface area (Å²) in [6.45, 7) is 8.23. The Morgan fingerprint density at radius 2 is 2.00 bits per heavy atom. The van der Waals surface area contributed by atoms with E-state index in [9.17, 15) is 4.79 Å². The monoisotopic (exact) mass is 202 g/mol. The maximum atomic E-state index is 10.6. The lowest BCUT2D eigenvalue weighted by molar-refractivity contribution is -0.132. The molecule has 1 N–H and O–H groups in total. The van der Waals surface area contributed by atoms with Gasteiger partial charge in [0.25, 0.3) is 0 Å². The van der Waals surface area contributed by atoms with Crippen LogP contribution in [0.1, 0.15) is 34.1 Å². The van der Waals surface area contributed by atoms with E-state index in [1.54, 1.807) is 17.8 Å². The molecule has 13 heavy (non-hydrogen) atoms. The minimum absolute atomic E-state index is 0.202. The van der Waals surface area contributed by atoms with Crippen LogP contribution in [-0.2, 0) is 4.79 Å². The SMILES string of the molecule is CCC(=CCSC(C)(C)C)C(=O)O. The largest absolute Gasteiger partial charge is 0.478 e. The average Bonchev–Trinajstić information content (AvgIpc) is 1.95. The summed E-state index contributed by atoms with van der Waals surface area (Å²) >= 11 is 1.75. The fourth-order valence-electron chi connectivity index (χ4n) is 0.775. The van der Waals surface area contributed by atoms with E-state index < -0.39 is 5.97 Å². The van der Waals surface area contributed by atoms with Gasteiger partial charge < -0.3 is 5.11 Å². The van der Waals surface area contributed by atoms with E-state index in [-0.39, 0.29) is 4.75 Å². The summed E-state index contributed by atoms with van der Waals surface area (Å²) in [6, 6.07) is 0. The first-order valence-electron chi connectivity index (χ1n) is 4.43. The Labute approximate surface area is 84.4 Å². The molecule has 0 heterocycles. The van der Waals surface area contributed by atoms with Gasteiger partial charge in [-0.25, -0.2) is 4.79 Å². The molecule has 0 bridgehead atoms. The number of carboxylic acid groups (broad SMARTS) is 1. The molecule has 0 aliphatic carbocycles. The van der Waals surface area contributed by atoms with Gasteiger partial charge in [0, 0.05) is 16.1 Å². The molecule has 0 aromatic heterocycles. The van der Waals surface area contributed by atoms with Crippen molar-refractivity contribution < 1.29 is 9.90 Å². The minimum Gasteiger partial charge on any atom is -0.478 e. The number of carboxylic acids is 1. The number of carbonyl (C=O) groups is 1. The number of hydrogen-bond acceptors (Lipinski definition) is 2. The number of thioether (sulfide) groups is 1. The summed E-state index contributed by atoms with van der Waals surface area (Å²) in [6.07, 6.45) is 2.40. The highest BCUT2D eigenvalue weighted by Crippen LogP contribution is 2.23. The Morgan fingerprint density at radius 3 is 2.31 bits per heavy atom. The molecule has 0 spiro atoms. The molecule has 3 heteroatoms. The highest BCUT2D eigenvalue weighted by Gasteiger charge is 2.10. The lowest BCUT2D eigenvalue weighted by Crippen LogP contribution is -2.08. The summed E-state index contributed by atoms with van der Waals surface area (Å²) in [5.41, 5.74) is 0.511. The van der Waals surface area contributed by atoms with Crippen LogP contribution in [0.2, 0.25) is 0 Å². The van der Waals surface area contributed by atoms with E-state index in [0.717, 1.165) is 5.75 Å². The van der Waals surface area contributed by atoms with Gasteiger partial charge in [-0.05, 0) is 6.42 Å². The predicted octanol–water partition coefficient (Wildman–Crippen LogP) is 2.94. The van der Waals surface area contributed by atoms with Crippen LogP contribution < -0.4 is 0 Å². The first-order chi connectivity index (χ1) is 5.87. The molecule has 0 rings (SSSR count). The molecule has 0 unspecified atom stereocenters. The third-order valence-corrected chi connectivity index (χ3v) is 2.70. The summed E-state index contributed by atoms with van der Waals surface area (Å²) in [7, 11) is 0. The van der Waals surface area contributed by atoms with Gasteiger partial charge >= 0.3 is 5.97 Å². The van der Waals surface area contributed by atoms with Crippen LogP contribution >= 0.6 is 11.8 Å². The van der Waals surface area contributed by atoms with E-state index in [4.69, 9.17) is 5.11 Å². The maximum Gasteiger partial charge on any atom is 0.331 e. The minimum atomic E-state index is -0.794. The Balaban J connectivity index is 4.02. The van der Waals surface area contributed by atoms with Crippen LogP contribution in [0.4, 0.5) is 0 Å². The zero-order chi connectivity index (χ0) is 10.5. The van der Waals surface area contributed by atoms with Crippen molar-refractivity contribution in [1.29, 1.82) is 0 Å². The molecule has 0 aliphatic rings. The van der Waals surface area contributed by atoms with Crippen LogP contribution in [-0.4, -0.2) is 21.6 Å². The van der Waals surface area contributed by atoms with E-state index in [1.807, 2.05) is 6.92 Å². The zero-order valence-electron chi connectivity index (χ0n) is 8.76. The van der Waals surface area contributed by atoms with Crippen molar-refractivity contribution in [2.75, 3.05) is 5.75 Å². The van der Waals surface area contributed by atoms with Gasteiger partial charge in [-0.15, -0.1) is 0 Å². The molecule has 0 radical (unpaired) electrons. The van der Waals surface area contributed by atoms with Crippen LogP contribution in [0.15, 0.2) is 11.6 Å². The van der Waals surface area contributed by atoms with Gasteiger partial charge in [0.2, 0.25) is 0 Å². The molecule has 0 fully saturated rings. The molecular formula is C10H18O2S. The second kappa shape index (κ2) is 5.32. The fourth-order valence-corrected chi connectivity index (χ4v) is 1.56. The molecule has 0 amide bonds. The van der Waals surface area contributed by atoms with Gasteiger partial charge in [0.05, 0.1) is 0 Å². The van der Waals surface area contributed by atoms with E-state index in [1.165, 1.54) is 0 Å². The molecule has 2 nitrogen and oxygen atoms in total. The van der Waals surface area contributed by atoms with Crippen molar-refractivity contribution in [3.05, 3.63) is 11.6 Å². The van der Waals surface area contributed by atoms with Gasteiger partial charge in [-0.3, -0.25) is 0 Å². The van der Waals surface area contributed by atoms with Gasteiger partial charge in [0.15, 0.2) is 0 Å². The first kappa shape index (κ1) is 12.6. The van der Waals surface area contributed by atoms with Crippen molar-refractivity contribution in [1.82, 2.24) is 0 Å². The molecule has 0 saturated heterocycles. The fraction of sp³-hybridized carbons (Fsp3) is 0.700. The van der Waals surface area contributed by atoms with E-state index in [0.29, 0.717) is 12.0 Å². The molecule has 0 saturated carbocycles. The zero-order valence-corrected chi connectivity index (χ0v) is 9.57. The lowest BCUT2D eigenvalue weighted by atomic mass is 10.2. The predicted molar refractivity (Wildman–Crippen MR) is 58.2 cm³/mol. The number of aliphatic carboxylic acids is 1. The molecular weight excluding hydrogens is 184 g/mol. The Hall–Kier alpha value is -0.440. The average molecular weight is 202 g/mol. The summed E-state index contributed by atoms with van der Waals surface area (Å²) in [5, 5.41) is 8.73. The standard InChI is InChI=1S/C10H18O2S/c1-5-8(9(11)12)6-7-13-10(2,3)4/h6H,5,7H2,1-4H3,(H,11,12).